The summed E-state index contributed by atoms with van der Waals surface area (Å²) in [5.74, 6) is 4.35. The molecule has 2 aromatic rings. The highest BCUT2D eigenvalue weighted by atomic mass is 16.4. The van der Waals surface area contributed by atoms with Crippen molar-refractivity contribution in [2.24, 2.45) is 10.9 Å². The maximum atomic E-state index is 11.5. The van der Waals surface area contributed by atoms with Gasteiger partial charge in [0.15, 0.2) is 0 Å². The second kappa shape index (κ2) is 8.73. The quantitative estimate of drug-likeness (QED) is 0.296. The average molecular weight is 340 g/mol. The monoisotopic (exact) mass is 340 g/mol. The van der Waals surface area contributed by atoms with Gasteiger partial charge in [-0.25, -0.2) is 4.79 Å². The molecule has 2 rings (SSSR count). The zero-order chi connectivity index (χ0) is 18.2. The third kappa shape index (κ3) is 5.24. The summed E-state index contributed by atoms with van der Waals surface area (Å²) in [7, 11) is 0. The molecule has 0 radical (unpaired) electrons. The average Bonchev–Trinajstić information content (AvgIpc) is 2.60. The molecule has 1 atom stereocenters. The van der Waals surface area contributed by atoms with Gasteiger partial charge in [-0.3, -0.25) is 0 Å². The Bertz CT molecular complexity index is 728. The highest BCUT2D eigenvalue weighted by Gasteiger charge is 2.20. The molecule has 0 fully saturated rings. The molecule has 6 heteroatoms. The van der Waals surface area contributed by atoms with Crippen LogP contribution in [0, 0.1) is 0 Å². The standard InChI is InChI=1S/C19H24N4O2/c1-14(19(24)25)23(18-6-2-4-16(12-18)13-22-21)11-3-5-15-7-9-17(20)10-8-15/h2,4,6-10,12-14H,3,5,11,20-21H2,1H3,(H,24,25). The maximum Gasteiger partial charge on any atom is 0.326 e. The topological polar surface area (TPSA) is 105 Å². The Morgan fingerprint density at radius 2 is 2.00 bits per heavy atom. The Kier molecular flexibility index (Phi) is 6.39. The van der Waals surface area contributed by atoms with E-state index in [0.717, 1.165) is 29.8 Å². The number of rotatable bonds is 8. The molecule has 132 valence electrons. The van der Waals surface area contributed by atoms with Crippen LogP contribution in [0.1, 0.15) is 24.5 Å². The molecule has 0 spiro atoms. The lowest BCUT2D eigenvalue weighted by molar-refractivity contribution is -0.138. The van der Waals surface area contributed by atoms with Gasteiger partial charge in [-0.1, -0.05) is 24.3 Å². The minimum Gasteiger partial charge on any atom is -0.480 e. The predicted octanol–water partition coefficient (Wildman–Crippen LogP) is 2.47. The van der Waals surface area contributed by atoms with Gasteiger partial charge in [0.05, 0.1) is 6.21 Å². The second-order valence-electron chi connectivity index (χ2n) is 5.93. The first-order valence-electron chi connectivity index (χ1n) is 8.18. The highest BCUT2D eigenvalue weighted by molar-refractivity contribution is 5.82. The number of carbonyl (C=O) groups is 1. The largest absolute Gasteiger partial charge is 0.480 e. The van der Waals surface area contributed by atoms with Crippen molar-refractivity contribution < 1.29 is 9.90 Å². The third-order valence-corrected chi connectivity index (χ3v) is 4.09. The first-order valence-corrected chi connectivity index (χ1v) is 8.18. The molecule has 0 aliphatic rings. The van der Waals surface area contributed by atoms with E-state index in [1.54, 1.807) is 13.1 Å². The van der Waals surface area contributed by atoms with Gasteiger partial charge in [0.1, 0.15) is 6.04 Å². The van der Waals surface area contributed by atoms with Crippen LogP contribution in [0.2, 0.25) is 0 Å². The van der Waals surface area contributed by atoms with Gasteiger partial charge < -0.3 is 21.6 Å². The van der Waals surface area contributed by atoms with Crippen LogP contribution < -0.4 is 16.5 Å². The van der Waals surface area contributed by atoms with E-state index in [9.17, 15) is 9.90 Å². The molecule has 2 aromatic carbocycles. The smallest absolute Gasteiger partial charge is 0.326 e. The zero-order valence-electron chi connectivity index (χ0n) is 14.3. The number of nitrogen functional groups attached to an aromatic ring is 1. The number of nitrogens with zero attached hydrogens (tertiary/aromatic N) is 2. The normalized spacial score (nSPS) is 12.2. The van der Waals surface area contributed by atoms with Crippen LogP contribution >= 0.6 is 0 Å². The molecule has 5 N–H and O–H groups in total. The van der Waals surface area contributed by atoms with E-state index in [4.69, 9.17) is 11.6 Å². The maximum absolute atomic E-state index is 11.5. The Balaban J connectivity index is 2.11. The van der Waals surface area contributed by atoms with Crippen molar-refractivity contribution in [1.29, 1.82) is 0 Å². The van der Waals surface area contributed by atoms with Crippen molar-refractivity contribution in [3.63, 3.8) is 0 Å². The van der Waals surface area contributed by atoms with Crippen LogP contribution in [-0.2, 0) is 11.2 Å². The van der Waals surface area contributed by atoms with Gasteiger partial charge in [-0.2, -0.15) is 5.10 Å². The fourth-order valence-electron chi connectivity index (χ4n) is 2.69. The summed E-state index contributed by atoms with van der Waals surface area (Å²) < 4.78 is 0. The number of anilines is 2. The number of nitrogens with two attached hydrogens (primary N) is 2. The molecule has 0 aliphatic carbocycles. The van der Waals surface area contributed by atoms with Crippen LogP contribution in [0.5, 0.6) is 0 Å². The van der Waals surface area contributed by atoms with Crippen LogP contribution in [0.15, 0.2) is 53.6 Å². The number of hydrogen-bond donors (Lipinski definition) is 3. The predicted molar refractivity (Wildman–Crippen MR) is 102 cm³/mol. The first-order chi connectivity index (χ1) is 12.0. The van der Waals surface area contributed by atoms with Crippen molar-refractivity contribution in [2.45, 2.75) is 25.8 Å². The van der Waals surface area contributed by atoms with Crippen molar-refractivity contribution in [2.75, 3.05) is 17.2 Å². The number of aryl methyl sites for hydroxylation is 1. The van der Waals surface area contributed by atoms with Crippen molar-refractivity contribution >= 4 is 23.6 Å². The van der Waals surface area contributed by atoms with E-state index in [2.05, 4.69) is 5.10 Å². The Hall–Kier alpha value is -3.02. The van der Waals surface area contributed by atoms with Gasteiger partial charge in [0.2, 0.25) is 0 Å². The van der Waals surface area contributed by atoms with Crippen LogP contribution in [-0.4, -0.2) is 29.9 Å². The Labute approximate surface area is 147 Å². The van der Waals surface area contributed by atoms with E-state index in [1.165, 1.54) is 5.56 Å². The number of carboxylic acids is 1. The molecular weight excluding hydrogens is 316 g/mol. The summed E-state index contributed by atoms with van der Waals surface area (Å²) in [6.45, 7) is 2.32. The van der Waals surface area contributed by atoms with Crippen molar-refractivity contribution in [3.8, 4) is 0 Å². The molecule has 1 unspecified atom stereocenters. The number of carboxylic acid groups (broad SMARTS) is 1. The molecule has 0 amide bonds. The minimum absolute atomic E-state index is 0.626. The van der Waals surface area contributed by atoms with Gasteiger partial charge in [0.25, 0.3) is 0 Å². The molecule has 0 aromatic heterocycles. The summed E-state index contributed by atoms with van der Waals surface area (Å²) in [5.41, 5.74) is 9.29. The molecule has 0 saturated carbocycles. The van der Waals surface area contributed by atoms with Gasteiger partial charge in [0, 0.05) is 17.9 Å². The summed E-state index contributed by atoms with van der Waals surface area (Å²) in [6.07, 6.45) is 3.23. The van der Waals surface area contributed by atoms with Crippen LogP contribution in [0.25, 0.3) is 0 Å². The first kappa shape index (κ1) is 18.3. The Morgan fingerprint density at radius 3 is 2.64 bits per heavy atom. The summed E-state index contributed by atoms with van der Waals surface area (Å²) in [5, 5.41) is 13.0. The highest BCUT2D eigenvalue weighted by Crippen LogP contribution is 2.20. The number of aliphatic carboxylic acids is 1. The van der Waals surface area contributed by atoms with Crippen molar-refractivity contribution in [1.82, 2.24) is 0 Å². The molecule has 0 saturated heterocycles. The molecule has 25 heavy (non-hydrogen) atoms. The molecule has 0 bridgehead atoms. The van der Waals surface area contributed by atoms with Gasteiger partial charge >= 0.3 is 5.97 Å². The molecular formula is C19H24N4O2. The van der Waals surface area contributed by atoms with Gasteiger partial charge in [-0.05, 0) is 55.2 Å². The van der Waals surface area contributed by atoms with Crippen molar-refractivity contribution in [3.05, 3.63) is 59.7 Å². The number of hydrazone groups is 1. The fraction of sp³-hybridized carbons (Fsp3) is 0.263. The summed E-state index contributed by atoms with van der Waals surface area (Å²) >= 11 is 0. The summed E-state index contributed by atoms with van der Waals surface area (Å²) in [4.78, 5) is 13.4. The zero-order valence-corrected chi connectivity index (χ0v) is 14.3. The lowest BCUT2D eigenvalue weighted by atomic mass is 10.1. The van der Waals surface area contributed by atoms with E-state index in [0.29, 0.717) is 6.54 Å². The van der Waals surface area contributed by atoms with E-state index >= 15 is 0 Å². The van der Waals surface area contributed by atoms with Crippen LogP contribution in [0.4, 0.5) is 11.4 Å². The lowest BCUT2D eigenvalue weighted by Crippen LogP contribution is -2.40. The van der Waals surface area contributed by atoms with Crippen LogP contribution in [0.3, 0.4) is 0 Å². The summed E-state index contributed by atoms with van der Waals surface area (Å²) in [6, 6.07) is 14.7. The SMILES string of the molecule is CC(C(=O)O)N(CCCc1ccc(N)cc1)c1cccc(C=NN)c1. The molecule has 0 aliphatic heterocycles. The van der Waals surface area contributed by atoms with Gasteiger partial charge in [-0.15, -0.1) is 0 Å². The van der Waals surface area contributed by atoms with E-state index in [-0.39, 0.29) is 0 Å². The molecule has 0 heterocycles. The lowest BCUT2D eigenvalue weighted by Gasteiger charge is -2.29. The minimum atomic E-state index is -0.856. The van der Waals surface area contributed by atoms with E-state index in [1.807, 2.05) is 53.4 Å². The fourth-order valence-corrected chi connectivity index (χ4v) is 2.69. The Morgan fingerprint density at radius 1 is 1.28 bits per heavy atom. The third-order valence-electron chi connectivity index (χ3n) is 4.09. The number of benzene rings is 2. The second-order valence-corrected chi connectivity index (χ2v) is 5.93. The number of hydrogen-bond acceptors (Lipinski definition) is 5. The molecule has 6 nitrogen and oxygen atoms in total. The van der Waals surface area contributed by atoms with E-state index < -0.39 is 12.0 Å².